The molecule has 0 radical (unpaired) electrons. The first-order valence-electron chi connectivity index (χ1n) is 7.33. The molecule has 23 heavy (non-hydrogen) atoms. The molecule has 0 amide bonds. The molecule has 2 aromatic carbocycles. The van der Waals surface area contributed by atoms with Gasteiger partial charge in [0.15, 0.2) is 0 Å². The molecular weight excluding hydrogens is 296 g/mol. The minimum absolute atomic E-state index is 0.195. The number of phenols is 1. The molecule has 2 rings (SSSR count). The molecule has 0 bridgehead atoms. The van der Waals surface area contributed by atoms with Crippen molar-refractivity contribution < 1.29 is 24.1 Å². The lowest BCUT2D eigenvalue weighted by molar-refractivity contribution is -0.140. The number of hydrogen-bond acceptors (Lipinski definition) is 5. The Balaban J connectivity index is 1.69. The van der Waals surface area contributed by atoms with Crippen LogP contribution < -0.4 is 4.74 Å². The predicted octanol–water partition coefficient (Wildman–Crippen LogP) is 3.06. The lowest BCUT2D eigenvalue weighted by Gasteiger charge is -2.09. The Morgan fingerprint density at radius 1 is 1.13 bits per heavy atom. The maximum Gasteiger partial charge on any atom is 0.333 e. The van der Waals surface area contributed by atoms with Gasteiger partial charge in [-0.3, -0.25) is 0 Å². The predicted molar refractivity (Wildman–Crippen MR) is 87.7 cm³/mol. The van der Waals surface area contributed by atoms with Gasteiger partial charge in [0.05, 0.1) is 13.2 Å². The Kier molecular flexibility index (Phi) is 6.00. The van der Waals surface area contributed by atoms with E-state index < -0.39 is 5.97 Å². The van der Waals surface area contributed by atoms with Crippen LogP contribution in [0.15, 0.2) is 48.6 Å². The molecule has 0 saturated heterocycles. The number of rotatable bonds is 8. The zero-order valence-corrected chi connectivity index (χ0v) is 13.1. The number of ether oxygens (including phenoxy) is 3. The smallest absolute Gasteiger partial charge is 0.333 e. The SMILES string of the molecule is C=C(C)C(=O)OCCOCCOc1ccc2c(O)cccc2c1. The van der Waals surface area contributed by atoms with Crippen molar-refractivity contribution in [1.82, 2.24) is 0 Å². The first kappa shape index (κ1) is 16.8. The summed E-state index contributed by atoms with van der Waals surface area (Å²) < 4.78 is 15.8. The van der Waals surface area contributed by atoms with Gasteiger partial charge in [-0.05, 0) is 36.6 Å². The number of carbonyl (C=O) groups excluding carboxylic acids is 1. The average Bonchev–Trinajstić information content (AvgIpc) is 2.53. The van der Waals surface area contributed by atoms with Crippen molar-refractivity contribution in [2.24, 2.45) is 0 Å². The summed E-state index contributed by atoms with van der Waals surface area (Å²) in [5.74, 6) is 0.548. The average molecular weight is 316 g/mol. The van der Waals surface area contributed by atoms with Crippen molar-refractivity contribution in [3.05, 3.63) is 48.6 Å². The second-order valence-corrected chi connectivity index (χ2v) is 5.04. The summed E-state index contributed by atoms with van der Waals surface area (Å²) in [7, 11) is 0. The molecule has 0 aliphatic rings. The molecular formula is C18H20O5. The van der Waals surface area contributed by atoms with Crippen molar-refractivity contribution in [2.75, 3.05) is 26.4 Å². The van der Waals surface area contributed by atoms with Gasteiger partial charge in [0.2, 0.25) is 0 Å². The van der Waals surface area contributed by atoms with Gasteiger partial charge in [0.25, 0.3) is 0 Å². The Bertz CT molecular complexity index is 693. The third kappa shape index (κ3) is 5.00. The second-order valence-electron chi connectivity index (χ2n) is 5.04. The largest absolute Gasteiger partial charge is 0.507 e. The van der Waals surface area contributed by atoms with Crippen LogP contribution in [0.25, 0.3) is 10.8 Å². The van der Waals surface area contributed by atoms with E-state index >= 15 is 0 Å². The van der Waals surface area contributed by atoms with Crippen LogP contribution in [0.3, 0.4) is 0 Å². The molecule has 0 saturated carbocycles. The molecule has 1 N–H and O–H groups in total. The molecule has 0 aromatic heterocycles. The third-order valence-electron chi connectivity index (χ3n) is 3.13. The highest BCUT2D eigenvalue weighted by molar-refractivity contribution is 5.89. The number of phenolic OH excluding ortho intramolecular Hbond substituents is 1. The number of fused-ring (bicyclic) bond motifs is 1. The first-order chi connectivity index (χ1) is 11.1. The summed E-state index contributed by atoms with van der Waals surface area (Å²) in [6.07, 6.45) is 0. The zero-order valence-electron chi connectivity index (χ0n) is 13.1. The van der Waals surface area contributed by atoms with E-state index in [0.717, 1.165) is 10.8 Å². The van der Waals surface area contributed by atoms with E-state index in [1.807, 2.05) is 18.2 Å². The van der Waals surface area contributed by atoms with Crippen molar-refractivity contribution in [1.29, 1.82) is 0 Å². The fourth-order valence-corrected chi connectivity index (χ4v) is 1.97. The van der Waals surface area contributed by atoms with Crippen LogP contribution in [-0.4, -0.2) is 37.5 Å². The van der Waals surface area contributed by atoms with Crippen LogP contribution in [-0.2, 0) is 14.3 Å². The lowest BCUT2D eigenvalue weighted by atomic mass is 10.1. The van der Waals surface area contributed by atoms with E-state index in [2.05, 4.69) is 6.58 Å². The van der Waals surface area contributed by atoms with Crippen LogP contribution in [0, 0.1) is 0 Å². The normalized spacial score (nSPS) is 10.5. The number of hydrogen-bond donors (Lipinski definition) is 1. The Hall–Kier alpha value is -2.53. The maximum absolute atomic E-state index is 11.1. The fourth-order valence-electron chi connectivity index (χ4n) is 1.97. The van der Waals surface area contributed by atoms with E-state index in [-0.39, 0.29) is 12.4 Å². The van der Waals surface area contributed by atoms with E-state index in [0.29, 0.717) is 31.1 Å². The molecule has 0 fully saturated rings. The number of carbonyl (C=O) groups is 1. The summed E-state index contributed by atoms with van der Waals surface area (Å²) in [5, 5.41) is 11.4. The first-order valence-corrected chi connectivity index (χ1v) is 7.33. The minimum atomic E-state index is -0.413. The fraction of sp³-hybridized carbons (Fsp3) is 0.278. The van der Waals surface area contributed by atoms with Crippen molar-refractivity contribution >= 4 is 16.7 Å². The molecule has 0 aliphatic heterocycles. The lowest BCUT2D eigenvalue weighted by Crippen LogP contribution is -2.13. The van der Waals surface area contributed by atoms with Crippen LogP contribution in [0.1, 0.15) is 6.92 Å². The molecule has 122 valence electrons. The Labute approximate surface area is 135 Å². The molecule has 0 atom stereocenters. The molecule has 0 spiro atoms. The van der Waals surface area contributed by atoms with E-state index in [9.17, 15) is 9.90 Å². The van der Waals surface area contributed by atoms with Gasteiger partial charge in [-0.25, -0.2) is 4.79 Å². The van der Waals surface area contributed by atoms with Gasteiger partial charge in [0.1, 0.15) is 24.7 Å². The van der Waals surface area contributed by atoms with Gasteiger partial charge < -0.3 is 19.3 Å². The van der Waals surface area contributed by atoms with Crippen molar-refractivity contribution in [3.63, 3.8) is 0 Å². The summed E-state index contributed by atoms with van der Waals surface area (Å²) in [6.45, 7) is 6.38. The summed E-state index contributed by atoms with van der Waals surface area (Å²) >= 11 is 0. The van der Waals surface area contributed by atoms with Gasteiger partial charge in [-0.1, -0.05) is 18.7 Å². The highest BCUT2D eigenvalue weighted by atomic mass is 16.6. The monoisotopic (exact) mass is 316 g/mol. The highest BCUT2D eigenvalue weighted by Crippen LogP contribution is 2.27. The topological polar surface area (TPSA) is 65.0 Å². The molecule has 5 heteroatoms. The maximum atomic E-state index is 11.1. The van der Waals surface area contributed by atoms with Gasteiger partial charge in [0, 0.05) is 11.0 Å². The van der Waals surface area contributed by atoms with E-state index in [1.54, 1.807) is 25.1 Å². The van der Waals surface area contributed by atoms with E-state index in [1.165, 1.54) is 0 Å². The summed E-state index contributed by atoms with van der Waals surface area (Å²) in [5.41, 5.74) is 0.371. The van der Waals surface area contributed by atoms with Gasteiger partial charge in [-0.15, -0.1) is 0 Å². The van der Waals surface area contributed by atoms with Crippen LogP contribution in [0.2, 0.25) is 0 Å². The summed E-state index contributed by atoms with van der Waals surface area (Å²) in [4.78, 5) is 11.1. The third-order valence-corrected chi connectivity index (χ3v) is 3.13. The van der Waals surface area contributed by atoms with Crippen molar-refractivity contribution in [3.8, 4) is 11.5 Å². The number of esters is 1. The Morgan fingerprint density at radius 2 is 1.91 bits per heavy atom. The molecule has 5 nitrogen and oxygen atoms in total. The summed E-state index contributed by atoms with van der Waals surface area (Å²) in [6, 6.07) is 10.8. The number of aromatic hydroxyl groups is 1. The van der Waals surface area contributed by atoms with Crippen LogP contribution in [0.4, 0.5) is 0 Å². The van der Waals surface area contributed by atoms with Crippen LogP contribution in [0.5, 0.6) is 11.5 Å². The second kappa shape index (κ2) is 8.19. The molecule has 0 aliphatic carbocycles. The molecule has 0 unspecified atom stereocenters. The number of benzene rings is 2. The minimum Gasteiger partial charge on any atom is -0.507 e. The Morgan fingerprint density at radius 3 is 2.70 bits per heavy atom. The quantitative estimate of drug-likeness (QED) is 0.461. The zero-order chi connectivity index (χ0) is 16.7. The van der Waals surface area contributed by atoms with Gasteiger partial charge in [-0.2, -0.15) is 0 Å². The standard InChI is InChI=1S/C18H20O5/c1-13(2)18(20)23-11-9-21-8-10-22-15-6-7-16-14(12-15)4-3-5-17(16)19/h3-7,12,19H,1,8-11H2,2H3. The molecule has 2 aromatic rings. The van der Waals surface area contributed by atoms with Crippen LogP contribution >= 0.6 is 0 Å². The molecule has 0 heterocycles. The van der Waals surface area contributed by atoms with Gasteiger partial charge >= 0.3 is 5.97 Å². The van der Waals surface area contributed by atoms with E-state index in [4.69, 9.17) is 14.2 Å². The van der Waals surface area contributed by atoms with Crippen molar-refractivity contribution in [2.45, 2.75) is 6.92 Å². The highest BCUT2D eigenvalue weighted by Gasteiger charge is 2.03.